The van der Waals surface area contributed by atoms with Crippen molar-refractivity contribution in [2.45, 2.75) is 12.3 Å². The van der Waals surface area contributed by atoms with Crippen LogP contribution in [0, 0.1) is 28.7 Å². The highest BCUT2D eigenvalue weighted by Gasteiger charge is 2.34. The second-order valence-electron chi connectivity index (χ2n) is 3.97. The molecule has 0 aliphatic carbocycles. The maximum absolute atomic E-state index is 11.9. The van der Waals surface area contributed by atoms with Crippen LogP contribution < -0.4 is 5.32 Å². The lowest BCUT2D eigenvalue weighted by Crippen LogP contribution is -2.44. The van der Waals surface area contributed by atoms with Crippen LogP contribution in [0.4, 0.5) is 0 Å². The van der Waals surface area contributed by atoms with Gasteiger partial charge in [-0.25, -0.2) is 0 Å². The Kier molecular flexibility index (Phi) is 3.36. The average Bonchev–Trinajstić information content (AvgIpc) is 2.40. The number of hydrogen-bond donors (Lipinski definition) is 1. The van der Waals surface area contributed by atoms with E-state index in [-0.39, 0.29) is 17.7 Å². The molecule has 2 unspecified atom stereocenters. The molecule has 0 saturated carbocycles. The number of amidine groups is 1. The topological polar surface area (TPSA) is 89.0 Å². The van der Waals surface area contributed by atoms with Gasteiger partial charge in [0, 0.05) is 0 Å². The van der Waals surface area contributed by atoms with E-state index in [1.54, 1.807) is 6.19 Å². The highest BCUT2D eigenvalue weighted by atomic mass is 16.2. The Morgan fingerprint density at radius 1 is 1.28 bits per heavy atom. The molecule has 2 rings (SSSR count). The largest absolute Gasteiger partial charge is 0.312 e. The molecule has 1 aliphatic heterocycles. The Morgan fingerprint density at radius 2 is 2.00 bits per heavy atom. The van der Waals surface area contributed by atoms with Gasteiger partial charge in [-0.1, -0.05) is 30.3 Å². The third kappa shape index (κ3) is 2.21. The van der Waals surface area contributed by atoms with Crippen molar-refractivity contribution in [1.82, 2.24) is 5.32 Å². The van der Waals surface area contributed by atoms with Gasteiger partial charge < -0.3 is 5.32 Å². The summed E-state index contributed by atoms with van der Waals surface area (Å²) < 4.78 is 0. The predicted molar refractivity (Wildman–Crippen MR) is 64.1 cm³/mol. The van der Waals surface area contributed by atoms with Gasteiger partial charge in [0.25, 0.3) is 0 Å². The van der Waals surface area contributed by atoms with Crippen LogP contribution in [0.2, 0.25) is 0 Å². The van der Waals surface area contributed by atoms with Gasteiger partial charge in [-0.05, 0) is 12.0 Å². The third-order valence-corrected chi connectivity index (χ3v) is 2.90. The number of benzene rings is 1. The predicted octanol–water partition coefficient (Wildman–Crippen LogP) is 1.31. The van der Waals surface area contributed by atoms with E-state index >= 15 is 0 Å². The van der Waals surface area contributed by atoms with Crippen LogP contribution in [0.5, 0.6) is 0 Å². The first-order chi connectivity index (χ1) is 8.76. The quantitative estimate of drug-likeness (QED) is 0.748. The number of piperidine rings is 1. The number of nitriles is 2. The van der Waals surface area contributed by atoms with E-state index in [0.29, 0.717) is 6.42 Å². The standard InChI is InChI=1S/C13H10N4O/c14-7-10-6-11(9-4-2-1-3-5-9)13(18)17-12(10)16-8-15/h1-5,10-11H,6H2,(H,16,17,18). The molecule has 1 amide bonds. The molecule has 5 nitrogen and oxygen atoms in total. The van der Waals surface area contributed by atoms with Crippen LogP contribution in [0.1, 0.15) is 17.9 Å². The normalized spacial score (nSPS) is 25.0. The Balaban J connectivity index is 2.28. The Labute approximate surface area is 104 Å². The fourth-order valence-corrected chi connectivity index (χ4v) is 2.00. The Bertz CT molecular complexity index is 565. The van der Waals surface area contributed by atoms with Crippen LogP contribution in [-0.4, -0.2) is 11.7 Å². The average molecular weight is 238 g/mol. The summed E-state index contributed by atoms with van der Waals surface area (Å²) in [4.78, 5) is 15.4. The maximum atomic E-state index is 11.9. The number of aliphatic imine (C=N–C) groups is 1. The van der Waals surface area contributed by atoms with Crippen LogP contribution in [0.15, 0.2) is 35.3 Å². The summed E-state index contributed by atoms with van der Waals surface area (Å²) in [5.74, 6) is -0.986. The molecule has 88 valence electrons. The van der Waals surface area contributed by atoms with Gasteiger partial charge in [0.1, 0.15) is 11.8 Å². The molecule has 5 heteroatoms. The second-order valence-corrected chi connectivity index (χ2v) is 3.97. The van der Waals surface area contributed by atoms with Crippen molar-refractivity contribution in [3.8, 4) is 12.3 Å². The summed E-state index contributed by atoms with van der Waals surface area (Å²) in [5, 5.41) is 20.1. The van der Waals surface area contributed by atoms with Crippen LogP contribution >= 0.6 is 0 Å². The molecule has 18 heavy (non-hydrogen) atoms. The van der Waals surface area contributed by atoms with Crippen molar-refractivity contribution in [2.24, 2.45) is 10.9 Å². The number of amides is 1. The number of hydrogen-bond acceptors (Lipinski definition) is 4. The molecular formula is C13H10N4O. The molecule has 1 aromatic rings. The van der Waals surface area contributed by atoms with Crippen LogP contribution in [-0.2, 0) is 4.79 Å². The second kappa shape index (κ2) is 5.11. The molecule has 1 saturated heterocycles. The minimum Gasteiger partial charge on any atom is -0.312 e. The van der Waals surface area contributed by atoms with Gasteiger partial charge in [-0.15, -0.1) is 0 Å². The van der Waals surface area contributed by atoms with Gasteiger partial charge in [0.15, 0.2) is 0 Å². The number of nitrogens with one attached hydrogen (secondary N) is 1. The molecule has 0 bridgehead atoms. The molecule has 0 aromatic heterocycles. The molecule has 1 N–H and O–H groups in total. The minimum atomic E-state index is -0.549. The highest BCUT2D eigenvalue weighted by Crippen LogP contribution is 2.27. The van der Waals surface area contributed by atoms with Crippen molar-refractivity contribution in [3.63, 3.8) is 0 Å². The summed E-state index contributed by atoms with van der Waals surface area (Å²) in [7, 11) is 0. The number of carbonyl (C=O) groups excluding carboxylic acids is 1. The lowest BCUT2D eigenvalue weighted by atomic mass is 9.85. The lowest BCUT2D eigenvalue weighted by Gasteiger charge is -2.26. The zero-order chi connectivity index (χ0) is 13.0. The van der Waals surface area contributed by atoms with Gasteiger partial charge in [0.2, 0.25) is 12.1 Å². The highest BCUT2D eigenvalue weighted by molar-refractivity contribution is 6.05. The van der Waals surface area contributed by atoms with Gasteiger partial charge in [0.05, 0.1) is 12.0 Å². The van der Waals surface area contributed by atoms with E-state index in [1.165, 1.54) is 0 Å². The molecule has 0 spiro atoms. The van der Waals surface area contributed by atoms with Crippen molar-refractivity contribution >= 4 is 11.7 Å². The Morgan fingerprint density at radius 3 is 2.61 bits per heavy atom. The van der Waals surface area contributed by atoms with Crippen LogP contribution in [0.25, 0.3) is 0 Å². The first-order valence-corrected chi connectivity index (χ1v) is 5.48. The van der Waals surface area contributed by atoms with E-state index in [4.69, 9.17) is 10.5 Å². The minimum absolute atomic E-state index is 0.150. The van der Waals surface area contributed by atoms with Crippen LogP contribution in [0.3, 0.4) is 0 Å². The monoisotopic (exact) mass is 238 g/mol. The first-order valence-electron chi connectivity index (χ1n) is 5.48. The maximum Gasteiger partial charge on any atom is 0.232 e. The summed E-state index contributed by atoms with van der Waals surface area (Å²) in [5.41, 5.74) is 0.867. The molecule has 2 atom stereocenters. The smallest absolute Gasteiger partial charge is 0.232 e. The van der Waals surface area contributed by atoms with Crippen molar-refractivity contribution in [1.29, 1.82) is 10.5 Å². The fraction of sp³-hybridized carbons (Fsp3) is 0.231. The molecule has 1 aromatic carbocycles. The zero-order valence-electron chi connectivity index (χ0n) is 9.50. The van der Waals surface area contributed by atoms with E-state index < -0.39 is 5.92 Å². The third-order valence-electron chi connectivity index (χ3n) is 2.90. The Hall–Kier alpha value is -2.66. The summed E-state index contributed by atoms with van der Waals surface area (Å²) >= 11 is 0. The van der Waals surface area contributed by atoms with Crippen molar-refractivity contribution < 1.29 is 4.79 Å². The molecule has 1 aliphatic rings. The van der Waals surface area contributed by atoms with E-state index in [1.807, 2.05) is 30.3 Å². The van der Waals surface area contributed by atoms with Crippen molar-refractivity contribution in [2.75, 3.05) is 0 Å². The fourth-order valence-electron chi connectivity index (χ4n) is 2.00. The zero-order valence-corrected chi connectivity index (χ0v) is 9.50. The first kappa shape index (κ1) is 11.8. The lowest BCUT2D eigenvalue weighted by molar-refractivity contribution is -0.122. The number of nitrogens with zero attached hydrogens (tertiary/aromatic N) is 3. The molecule has 1 fully saturated rings. The molecular weight excluding hydrogens is 228 g/mol. The summed E-state index contributed by atoms with van der Waals surface area (Å²) in [6.07, 6.45) is 1.95. The number of rotatable bonds is 1. The van der Waals surface area contributed by atoms with Gasteiger partial charge in [-0.3, -0.25) is 4.79 Å². The van der Waals surface area contributed by atoms with E-state index in [9.17, 15) is 4.79 Å². The summed E-state index contributed by atoms with van der Waals surface area (Å²) in [6.45, 7) is 0. The number of carbonyl (C=O) groups is 1. The molecule has 1 heterocycles. The summed E-state index contributed by atoms with van der Waals surface area (Å²) in [6, 6.07) is 11.3. The van der Waals surface area contributed by atoms with E-state index in [2.05, 4.69) is 16.4 Å². The SMILES string of the molecule is N#CN=C1NC(=O)C(c2ccccc2)CC1C#N. The molecule has 0 radical (unpaired) electrons. The van der Waals surface area contributed by atoms with Gasteiger partial charge in [-0.2, -0.15) is 15.5 Å². The van der Waals surface area contributed by atoms with Crippen molar-refractivity contribution in [3.05, 3.63) is 35.9 Å². The van der Waals surface area contributed by atoms with E-state index in [0.717, 1.165) is 5.56 Å². The van der Waals surface area contributed by atoms with Gasteiger partial charge >= 0.3 is 0 Å².